The van der Waals surface area contributed by atoms with Gasteiger partial charge in [-0.15, -0.1) is 0 Å². The highest BCUT2D eigenvalue weighted by atomic mass is 35.5. The molecule has 4 aromatic heterocycles. The highest BCUT2D eigenvalue weighted by Crippen LogP contribution is 2.37. The number of unbranched alkanes of at least 4 members (excludes halogenated alkanes) is 34. The monoisotopic (exact) mass is 1340 g/mol. The van der Waals surface area contributed by atoms with Crippen LogP contribution >= 0.6 is 46.4 Å². The molecule has 4 aromatic carbocycles. The fourth-order valence-corrected chi connectivity index (χ4v) is 13.8. The number of nitriles is 2. The number of benzene rings is 4. The van der Waals surface area contributed by atoms with Crippen LogP contribution in [-0.4, -0.2) is 50.2 Å². The minimum Gasteiger partial charge on any atom is -0.494 e. The number of hydrogen-bond donors (Lipinski definition) is 0. The quantitative estimate of drug-likeness (QED) is 0.0273. The largest absolute Gasteiger partial charge is 0.494 e. The van der Waals surface area contributed by atoms with Crippen LogP contribution in [0.15, 0.2) is 85.2 Å². The average Bonchev–Trinajstić information content (AvgIpc) is 1.55. The Kier molecular flexibility index (Phi) is 31.7. The van der Waals surface area contributed by atoms with Crippen LogP contribution in [0.2, 0.25) is 20.1 Å². The van der Waals surface area contributed by atoms with E-state index < -0.39 is 0 Å². The zero-order valence-electron chi connectivity index (χ0n) is 56.4. The summed E-state index contributed by atoms with van der Waals surface area (Å²) in [6, 6.07) is 27.4. The van der Waals surface area contributed by atoms with E-state index in [-0.39, 0.29) is 16.8 Å². The van der Waals surface area contributed by atoms with Crippen molar-refractivity contribution in [2.75, 3.05) is 13.2 Å². The molecule has 0 saturated carbocycles. The summed E-state index contributed by atoms with van der Waals surface area (Å²) in [6.45, 7) is 5.78. The summed E-state index contributed by atoms with van der Waals surface area (Å²) in [5, 5.41) is 26.2. The van der Waals surface area contributed by atoms with E-state index in [1.54, 1.807) is 36.7 Å². The van der Waals surface area contributed by atoms with Gasteiger partial charge >= 0.3 is 0 Å². The van der Waals surface area contributed by atoms with Crippen molar-refractivity contribution in [1.82, 2.24) is 29.0 Å². The van der Waals surface area contributed by atoms with E-state index in [1.165, 1.54) is 210 Å². The predicted octanol–water partition coefficient (Wildman–Crippen LogP) is 23.0. The van der Waals surface area contributed by atoms with Gasteiger partial charge in [0.25, 0.3) is 0 Å². The van der Waals surface area contributed by atoms with Crippen molar-refractivity contribution in [3.8, 4) is 46.2 Å². The molecule has 0 amide bonds. The normalized spacial score (nSPS) is 12.3. The van der Waals surface area contributed by atoms with Gasteiger partial charge < -0.3 is 18.5 Å². The second-order valence-electron chi connectivity index (χ2n) is 25.8. The maximum atomic E-state index is 11.5. The van der Waals surface area contributed by atoms with Gasteiger partial charge in [-0.25, -0.2) is 9.97 Å². The Morgan fingerprint density at radius 2 is 0.691 bits per heavy atom. The third-order valence-corrected chi connectivity index (χ3v) is 20.0. The van der Waals surface area contributed by atoms with Crippen LogP contribution in [0.5, 0.6) is 11.5 Å². The maximum absolute atomic E-state index is 11.5. The first-order chi connectivity index (χ1) is 46.1. The van der Waals surface area contributed by atoms with Gasteiger partial charge in [-0.05, 0) is 96.8 Å². The lowest BCUT2D eigenvalue weighted by molar-refractivity contribution is 0.304. The van der Waals surface area contributed by atoms with Gasteiger partial charge in [0.1, 0.15) is 46.2 Å². The second kappa shape index (κ2) is 40.5. The van der Waals surface area contributed by atoms with Crippen LogP contribution in [0.3, 0.4) is 0 Å². The first-order valence-electron chi connectivity index (χ1n) is 35.8. The molecule has 0 saturated heterocycles. The molecule has 15 heteroatoms. The fourth-order valence-electron chi connectivity index (χ4n) is 13.2. The maximum Gasteiger partial charge on any atom is 0.234 e. The van der Waals surface area contributed by atoms with Crippen molar-refractivity contribution >= 4 is 98.4 Å². The highest BCUT2D eigenvalue weighted by Gasteiger charge is 2.27. The molecular formula is C79H99BCl4N8O2. The molecule has 0 unspecified atom stereocenters. The minimum atomic E-state index is 0.141. The van der Waals surface area contributed by atoms with Gasteiger partial charge in [0.05, 0.1) is 84.2 Å². The molecule has 94 heavy (non-hydrogen) atoms. The summed E-state index contributed by atoms with van der Waals surface area (Å²) in [5.41, 5.74) is 5.54. The van der Waals surface area contributed by atoms with E-state index in [2.05, 4.69) is 26.0 Å². The summed E-state index contributed by atoms with van der Waals surface area (Å²) in [6.07, 6.45) is 50.7. The summed E-state index contributed by atoms with van der Waals surface area (Å²) < 4.78 is 16.2. The molecule has 0 spiro atoms. The molecule has 0 N–H and O–H groups in total. The molecule has 4 heterocycles. The Hall–Kier alpha value is -6.08. The zero-order chi connectivity index (χ0) is 66.3. The van der Waals surface area contributed by atoms with E-state index in [9.17, 15) is 10.5 Å². The van der Waals surface area contributed by atoms with Gasteiger partial charge in [0.2, 0.25) is 7.98 Å². The van der Waals surface area contributed by atoms with Gasteiger partial charge in [-0.3, -0.25) is 9.97 Å². The lowest BCUT2D eigenvalue weighted by Crippen LogP contribution is -2.23. The Balaban J connectivity index is 1.01. The SMILES string of the molecule is [B]n1c(-c2ccc(OCCCCCCCCCCCCCCCCCCCC)cc2)c2/c(=C(\C#N)c3cnc4cc(Cl)c(Cl)cc4n3)n(C)c(-c3ccc(OCCCCCCCCCCCCCCCCCCCC)cc3)c2/c1=C(\C#N)c1cnc2cc(Cl)c(Cl)cc2n1. The van der Waals surface area contributed by atoms with Crippen LogP contribution in [0.25, 0.3) is 66.5 Å². The van der Waals surface area contributed by atoms with Gasteiger partial charge in [-0.1, -0.05) is 279 Å². The topological polar surface area (TPSA) is 127 Å². The van der Waals surface area contributed by atoms with Crippen molar-refractivity contribution in [3.05, 3.63) is 127 Å². The van der Waals surface area contributed by atoms with Crippen molar-refractivity contribution in [3.63, 3.8) is 0 Å². The summed E-state index contributed by atoms with van der Waals surface area (Å²) in [4.78, 5) is 19.4. The molecule has 0 aliphatic heterocycles. The molecule has 0 fully saturated rings. The number of hydrogen-bond acceptors (Lipinski definition) is 8. The first kappa shape index (κ1) is 73.7. The van der Waals surface area contributed by atoms with Crippen molar-refractivity contribution in [2.24, 2.45) is 7.05 Å². The number of ether oxygens (including phenoxy) is 2. The average molecular weight is 1350 g/mol. The van der Waals surface area contributed by atoms with E-state index in [0.717, 1.165) is 42.7 Å². The number of rotatable bonds is 44. The van der Waals surface area contributed by atoms with Crippen molar-refractivity contribution in [2.45, 2.75) is 245 Å². The van der Waals surface area contributed by atoms with Gasteiger partial charge in [0.15, 0.2) is 0 Å². The standard InChI is InChI=1S/C79H99BCl4N8O2/c1-4-6-8-10-12-14-16-18-20-22-24-26-28-30-32-34-36-38-48-93-60-44-40-58(41-45-60)76-74-75(78(91(76)3)62(54-85)72-56-87-68-50-64(81)66(83)52-70(68)89-72)77(92(80)79(74)63(55-86)73-57-88-69-51-65(82)67(84)53-71(69)90-73)59-42-46-61(47-43-59)94-49-39-37-35-33-31-29-27-25-23-21-19-17-15-13-11-9-7-5-2/h40-47,50-53,56-57H,4-39,48-49H2,1-3H3/b78-62-,79-63-. The second-order valence-corrected chi connectivity index (χ2v) is 27.5. The molecule has 0 bridgehead atoms. The van der Waals surface area contributed by atoms with Crippen LogP contribution in [0.1, 0.15) is 256 Å². The highest BCUT2D eigenvalue weighted by molar-refractivity contribution is 6.43. The number of aromatic nitrogens is 6. The number of nitrogens with zero attached hydrogens (tertiary/aromatic N) is 8. The lowest BCUT2D eigenvalue weighted by atomic mass is 10.0. The molecule has 498 valence electrons. The first-order valence-corrected chi connectivity index (χ1v) is 37.4. The van der Waals surface area contributed by atoms with E-state index in [1.807, 2.05) is 60.1 Å². The van der Waals surface area contributed by atoms with Crippen molar-refractivity contribution in [1.29, 1.82) is 10.5 Å². The molecular weight excluding hydrogens is 1250 g/mol. The molecule has 0 atom stereocenters. The van der Waals surface area contributed by atoms with Crippen LogP contribution < -0.4 is 20.2 Å². The van der Waals surface area contributed by atoms with Crippen molar-refractivity contribution < 1.29 is 9.47 Å². The summed E-state index contributed by atoms with van der Waals surface area (Å²) in [7, 11) is 9.41. The van der Waals surface area contributed by atoms with Crippen LogP contribution in [0.4, 0.5) is 0 Å². The third-order valence-electron chi connectivity index (χ3n) is 18.5. The lowest BCUT2D eigenvalue weighted by Gasteiger charge is -2.12. The number of halogens is 4. The molecule has 8 aromatic rings. The molecule has 8 rings (SSSR count). The van der Waals surface area contributed by atoms with E-state index >= 15 is 0 Å². The summed E-state index contributed by atoms with van der Waals surface area (Å²) in [5.74, 6) is 1.47. The summed E-state index contributed by atoms with van der Waals surface area (Å²) >= 11 is 26.0. The third kappa shape index (κ3) is 21.5. The molecule has 2 radical (unpaired) electrons. The van der Waals surface area contributed by atoms with Gasteiger partial charge in [0, 0.05) is 23.5 Å². The molecule has 10 nitrogen and oxygen atoms in total. The zero-order valence-corrected chi connectivity index (χ0v) is 59.5. The Bertz CT molecular complexity index is 3620. The predicted molar refractivity (Wildman–Crippen MR) is 396 cm³/mol. The van der Waals surface area contributed by atoms with Crippen LogP contribution in [-0.2, 0) is 7.05 Å². The molecule has 0 aliphatic rings. The van der Waals surface area contributed by atoms with Gasteiger partial charge in [-0.2, -0.15) is 10.5 Å². The Morgan fingerprint density at radius 3 is 1.02 bits per heavy atom. The smallest absolute Gasteiger partial charge is 0.234 e. The van der Waals surface area contributed by atoms with E-state index in [0.29, 0.717) is 99.5 Å². The van der Waals surface area contributed by atoms with Crippen LogP contribution in [0, 0.1) is 22.7 Å². The number of fused-ring (bicyclic) bond motifs is 3. The fraction of sp³-hybridized carbons (Fsp3) is 0.519. The minimum absolute atomic E-state index is 0.141. The Labute approximate surface area is 582 Å². The molecule has 0 aliphatic carbocycles. The Morgan fingerprint density at radius 1 is 0.404 bits per heavy atom. The van der Waals surface area contributed by atoms with E-state index in [4.69, 9.17) is 83.8 Å².